The zero-order chi connectivity index (χ0) is 11.3. The summed E-state index contributed by atoms with van der Waals surface area (Å²) in [6.07, 6.45) is 6.37. The van der Waals surface area contributed by atoms with Crippen molar-refractivity contribution in [1.82, 2.24) is 10.2 Å². The monoisotopic (exact) mass is 212 g/mol. The Bertz CT molecular complexity index is 168. The molecule has 2 heterocycles. The fourth-order valence-corrected chi connectivity index (χ4v) is 2.85. The van der Waals surface area contributed by atoms with E-state index in [1.54, 1.807) is 0 Å². The van der Waals surface area contributed by atoms with Crippen LogP contribution < -0.4 is 5.32 Å². The van der Waals surface area contributed by atoms with Crippen molar-refractivity contribution in [2.24, 2.45) is 5.92 Å². The van der Waals surface area contributed by atoms with Crippen molar-refractivity contribution in [1.29, 1.82) is 0 Å². The van der Waals surface area contributed by atoms with Gasteiger partial charge in [-0.3, -0.25) is 4.90 Å². The third kappa shape index (κ3) is 3.18. The molecule has 0 aromatic rings. The highest BCUT2D eigenvalue weighted by molar-refractivity contribution is 4.87. The molecule has 2 fully saturated rings. The average Bonchev–Trinajstić information content (AvgIpc) is 2.60. The summed E-state index contributed by atoms with van der Waals surface area (Å²) in [6, 6.07) is 0.705. The van der Waals surface area contributed by atoms with E-state index in [0.717, 1.165) is 5.92 Å². The SMILES string of the molecule is CC.CC(C)N1CCCCC2CCNC21. The molecule has 2 aliphatic rings. The van der Waals surface area contributed by atoms with Crippen LogP contribution in [0.1, 0.15) is 53.4 Å². The summed E-state index contributed by atoms with van der Waals surface area (Å²) < 4.78 is 0. The molecule has 2 aliphatic heterocycles. The third-order valence-electron chi connectivity index (χ3n) is 3.58. The molecule has 0 saturated carbocycles. The molecule has 2 nitrogen and oxygen atoms in total. The summed E-state index contributed by atoms with van der Waals surface area (Å²) in [5.74, 6) is 0.935. The second kappa shape index (κ2) is 6.49. The summed E-state index contributed by atoms with van der Waals surface area (Å²) >= 11 is 0. The van der Waals surface area contributed by atoms with Crippen molar-refractivity contribution < 1.29 is 0 Å². The van der Waals surface area contributed by atoms with E-state index in [2.05, 4.69) is 24.1 Å². The maximum Gasteiger partial charge on any atom is 0.0628 e. The number of rotatable bonds is 1. The van der Waals surface area contributed by atoms with Gasteiger partial charge in [0.2, 0.25) is 0 Å². The molecular weight excluding hydrogens is 184 g/mol. The standard InChI is InChI=1S/C11H22N2.C2H6/c1-9(2)13-8-4-3-5-10-6-7-12-11(10)13;1-2/h9-12H,3-8H2,1-2H3;1-2H3. The molecule has 1 N–H and O–H groups in total. The Kier molecular flexibility index (Phi) is 5.62. The quantitative estimate of drug-likeness (QED) is 0.719. The maximum atomic E-state index is 3.66. The van der Waals surface area contributed by atoms with Crippen molar-refractivity contribution in [2.45, 2.75) is 65.6 Å². The van der Waals surface area contributed by atoms with E-state index in [9.17, 15) is 0 Å². The molecule has 0 aliphatic carbocycles. The first-order valence-corrected chi connectivity index (χ1v) is 6.78. The summed E-state index contributed by atoms with van der Waals surface area (Å²) in [7, 11) is 0. The number of hydrogen-bond donors (Lipinski definition) is 1. The Labute approximate surface area is 95.4 Å². The van der Waals surface area contributed by atoms with Crippen molar-refractivity contribution >= 4 is 0 Å². The fourth-order valence-electron chi connectivity index (χ4n) is 2.85. The van der Waals surface area contributed by atoms with Crippen LogP contribution in [0.2, 0.25) is 0 Å². The lowest BCUT2D eigenvalue weighted by molar-refractivity contribution is 0.121. The van der Waals surface area contributed by atoms with Crippen LogP contribution >= 0.6 is 0 Å². The molecule has 15 heavy (non-hydrogen) atoms. The minimum atomic E-state index is 0.697. The number of nitrogens with one attached hydrogen (secondary N) is 1. The number of nitrogens with zero attached hydrogens (tertiary/aromatic N) is 1. The van der Waals surface area contributed by atoms with Crippen LogP contribution in [0.4, 0.5) is 0 Å². The molecule has 2 heteroatoms. The molecule has 2 unspecified atom stereocenters. The lowest BCUT2D eigenvalue weighted by Gasteiger charge is -2.33. The lowest BCUT2D eigenvalue weighted by atomic mass is 10.00. The van der Waals surface area contributed by atoms with Crippen LogP contribution in [0, 0.1) is 5.92 Å². The fraction of sp³-hybridized carbons (Fsp3) is 1.00. The molecule has 0 aromatic carbocycles. The molecule has 0 bridgehead atoms. The van der Waals surface area contributed by atoms with E-state index < -0.39 is 0 Å². The highest BCUT2D eigenvalue weighted by atomic mass is 15.3. The highest BCUT2D eigenvalue weighted by Crippen LogP contribution is 2.28. The minimum Gasteiger partial charge on any atom is -0.301 e. The Morgan fingerprint density at radius 2 is 1.87 bits per heavy atom. The second-order valence-electron chi connectivity index (χ2n) is 4.78. The summed E-state index contributed by atoms with van der Waals surface area (Å²) in [4.78, 5) is 2.66. The maximum absolute atomic E-state index is 3.66. The van der Waals surface area contributed by atoms with E-state index >= 15 is 0 Å². The lowest BCUT2D eigenvalue weighted by Crippen LogP contribution is -2.48. The normalized spacial score (nSPS) is 31.8. The Hall–Kier alpha value is -0.0800. The van der Waals surface area contributed by atoms with Crippen LogP contribution in [-0.4, -0.2) is 30.2 Å². The van der Waals surface area contributed by atoms with E-state index in [4.69, 9.17) is 0 Å². The molecule has 2 saturated heterocycles. The Morgan fingerprint density at radius 3 is 2.53 bits per heavy atom. The minimum absolute atomic E-state index is 0.697. The van der Waals surface area contributed by atoms with Crippen molar-refractivity contribution in [3.8, 4) is 0 Å². The third-order valence-corrected chi connectivity index (χ3v) is 3.58. The Balaban J connectivity index is 0.000000531. The molecule has 0 aromatic heterocycles. The van der Waals surface area contributed by atoms with E-state index in [1.165, 1.54) is 38.8 Å². The Morgan fingerprint density at radius 1 is 1.13 bits per heavy atom. The number of likely N-dealkylation sites (tertiary alicyclic amines) is 1. The van der Waals surface area contributed by atoms with Gasteiger partial charge >= 0.3 is 0 Å². The van der Waals surface area contributed by atoms with Gasteiger partial charge in [-0.2, -0.15) is 0 Å². The van der Waals surface area contributed by atoms with Gasteiger partial charge in [-0.05, 0) is 52.1 Å². The highest BCUT2D eigenvalue weighted by Gasteiger charge is 2.33. The topological polar surface area (TPSA) is 15.3 Å². The first-order chi connectivity index (χ1) is 7.29. The van der Waals surface area contributed by atoms with Gasteiger partial charge < -0.3 is 5.32 Å². The van der Waals surface area contributed by atoms with Gasteiger partial charge in [0.15, 0.2) is 0 Å². The van der Waals surface area contributed by atoms with Crippen molar-refractivity contribution in [3.63, 3.8) is 0 Å². The van der Waals surface area contributed by atoms with E-state index in [-0.39, 0.29) is 0 Å². The van der Waals surface area contributed by atoms with E-state index in [0.29, 0.717) is 12.2 Å². The van der Waals surface area contributed by atoms with Gasteiger partial charge in [-0.25, -0.2) is 0 Å². The van der Waals surface area contributed by atoms with Gasteiger partial charge in [0.25, 0.3) is 0 Å². The van der Waals surface area contributed by atoms with E-state index in [1.807, 2.05) is 13.8 Å². The molecule has 0 amide bonds. The van der Waals surface area contributed by atoms with Gasteiger partial charge in [-0.15, -0.1) is 0 Å². The number of fused-ring (bicyclic) bond motifs is 1. The van der Waals surface area contributed by atoms with Crippen LogP contribution in [0.5, 0.6) is 0 Å². The molecular formula is C13H28N2. The molecule has 2 rings (SSSR count). The first kappa shape index (κ1) is 13.0. The van der Waals surface area contributed by atoms with Gasteiger partial charge in [-0.1, -0.05) is 20.3 Å². The molecule has 90 valence electrons. The van der Waals surface area contributed by atoms with Crippen molar-refractivity contribution in [3.05, 3.63) is 0 Å². The summed E-state index contributed by atoms with van der Waals surface area (Å²) in [6.45, 7) is 11.2. The van der Waals surface area contributed by atoms with Gasteiger partial charge in [0.05, 0.1) is 6.17 Å². The predicted molar refractivity (Wildman–Crippen MR) is 66.9 cm³/mol. The second-order valence-corrected chi connectivity index (χ2v) is 4.78. The zero-order valence-electron chi connectivity index (χ0n) is 10.9. The number of hydrogen-bond acceptors (Lipinski definition) is 2. The van der Waals surface area contributed by atoms with Crippen LogP contribution in [0.15, 0.2) is 0 Å². The molecule has 2 atom stereocenters. The summed E-state index contributed by atoms with van der Waals surface area (Å²) in [5.41, 5.74) is 0. The smallest absolute Gasteiger partial charge is 0.0628 e. The predicted octanol–water partition coefficient (Wildman–Crippen LogP) is 2.84. The van der Waals surface area contributed by atoms with Gasteiger partial charge in [0, 0.05) is 6.04 Å². The van der Waals surface area contributed by atoms with Crippen molar-refractivity contribution in [2.75, 3.05) is 13.1 Å². The molecule has 0 spiro atoms. The van der Waals surface area contributed by atoms with Gasteiger partial charge in [0.1, 0.15) is 0 Å². The first-order valence-electron chi connectivity index (χ1n) is 6.78. The summed E-state index contributed by atoms with van der Waals surface area (Å²) in [5, 5.41) is 3.66. The average molecular weight is 212 g/mol. The molecule has 0 radical (unpaired) electrons. The zero-order valence-corrected chi connectivity index (χ0v) is 10.9. The largest absolute Gasteiger partial charge is 0.301 e. The van der Waals surface area contributed by atoms with Crippen LogP contribution in [0.3, 0.4) is 0 Å². The van der Waals surface area contributed by atoms with Crippen LogP contribution in [0.25, 0.3) is 0 Å². The van der Waals surface area contributed by atoms with Crippen LogP contribution in [-0.2, 0) is 0 Å².